The van der Waals surface area contributed by atoms with Gasteiger partial charge in [0.15, 0.2) is 0 Å². The summed E-state index contributed by atoms with van der Waals surface area (Å²) in [5.74, 6) is 0.963. The third-order valence-corrected chi connectivity index (χ3v) is 2.99. The summed E-state index contributed by atoms with van der Waals surface area (Å²) < 4.78 is 7.06. The van der Waals surface area contributed by atoms with Crippen molar-refractivity contribution in [3.8, 4) is 0 Å². The van der Waals surface area contributed by atoms with Gasteiger partial charge in [0.1, 0.15) is 0 Å². The van der Waals surface area contributed by atoms with Crippen molar-refractivity contribution in [3.63, 3.8) is 0 Å². The highest BCUT2D eigenvalue weighted by Crippen LogP contribution is 2.16. The molecule has 0 bridgehead atoms. The molecule has 1 nitrogen and oxygen atoms in total. The van der Waals surface area contributed by atoms with E-state index in [1.54, 1.807) is 10.8 Å². The first-order chi connectivity index (χ1) is 2.89. The molecule has 0 aromatic heterocycles. The van der Waals surface area contributed by atoms with E-state index in [2.05, 4.69) is 0 Å². The van der Waals surface area contributed by atoms with Crippen molar-refractivity contribution in [2.75, 3.05) is 5.75 Å². The highest BCUT2D eigenvalue weighted by molar-refractivity contribution is 8.71. The van der Waals surface area contributed by atoms with Gasteiger partial charge in [0, 0.05) is 5.75 Å². The van der Waals surface area contributed by atoms with Crippen LogP contribution in [-0.2, 0) is 9.72 Å². The Balaban J connectivity index is 2.52. The fourth-order valence-corrected chi connectivity index (χ4v) is 2.16. The van der Waals surface area contributed by atoms with Gasteiger partial charge in [-0.15, -0.1) is 0 Å². The van der Waals surface area contributed by atoms with Gasteiger partial charge in [-0.2, -0.15) is 0 Å². The average molecular weight is 119 g/mol. The van der Waals surface area contributed by atoms with Crippen molar-refractivity contribution in [2.45, 2.75) is 0 Å². The Kier molecular flexibility index (Phi) is 1.32. The second-order valence-electron chi connectivity index (χ2n) is 0.980. The molecule has 0 fully saturated rings. The van der Waals surface area contributed by atoms with E-state index >= 15 is 0 Å². The van der Waals surface area contributed by atoms with Gasteiger partial charge in [0.25, 0.3) is 0 Å². The quantitative estimate of drug-likeness (QED) is 0.480. The minimum Gasteiger partial charge on any atom is -0.269 e. The standard InChI is InChI=1S/C3H5NS2/c4-6-3-1-2-5-6/h1-2,4H,3H2. The molecular weight excluding hydrogens is 114 g/mol. The Bertz CT molecular complexity index is 87.0. The monoisotopic (exact) mass is 119 g/mol. The predicted octanol–water partition coefficient (Wildman–Crippen LogP) is 1.54. The van der Waals surface area contributed by atoms with Gasteiger partial charge < -0.3 is 0 Å². The summed E-state index contributed by atoms with van der Waals surface area (Å²) in [6, 6.07) is 0. The molecule has 1 heterocycles. The van der Waals surface area contributed by atoms with Crippen LogP contribution in [0.2, 0.25) is 0 Å². The van der Waals surface area contributed by atoms with Crippen LogP contribution >= 0.6 is 10.8 Å². The van der Waals surface area contributed by atoms with Crippen LogP contribution in [0.15, 0.2) is 11.5 Å². The summed E-state index contributed by atoms with van der Waals surface area (Å²) in [7, 11) is 1.49. The Morgan fingerprint density at radius 1 is 1.83 bits per heavy atom. The first-order valence-electron chi connectivity index (χ1n) is 1.64. The normalized spacial score (nSPS) is 31.7. The largest absolute Gasteiger partial charge is 0.269 e. The second-order valence-corrected chi connectivity index (χ2v) is 4.25. The van der Waals surface area contributed by atoms with Crippen LogP contribution in [0.3, 0.4) is 0 Å². The molecule has 0 amide bonds. The zero-order valence-corrected chi connectivity index (χ0v) is 4.81. The molecule has 0 saturated carbocycles. The summed E-state index contributed by atoms with van der Waals surface area (Å²) in [4.78, 5) is 0. The molecular formula is C3H5NS2. The third kappa shape index (κ3) is 0.849. The molecule has 3 heteroatoms. The Morgan fingerprint density at radius 2 is 2.67 bits per heavy atom. The fraction of sp³-hybridized carbons (Fsp3) is 0.333. The topological polar surface area (TPSA) is 23.9 Å². The SMILES string of the molecule is N=S1CC=CS1. The number of hydrogen-bond donors (Lipinski definition) is 1. The van der Waals surface area contributed by atoms with E-state index in [0.29, 0.717) is 0 Å². The maximum Gasteiger partial charge on any atom is 0.0329 e. The molecule has 0 spiro atoms. The molecule has 0 aromatic carbocycles. The smallest absolute Gasteiger partial charge is 0.0329 e. The van der Waals surface area contributed by atoms with Crippen molar-refractivity contribution in [1.82, 2.24) is 0 Å². The van der Waals surface area contributed by atoms with Gasteiger partial charge in [-0.25, -0.2) is 0 Å². The van der Waals surface area contributed by atoms with Crippen LogP contribution < -0.4 is 0 Å². The molecule has 6 heavy (non-hydrogen) atoms. The Labute approximate surface area is 43.1 Å². The minimum absolute atomic E-state index is 0.117. The average Bonchev–Trinajstić information content (AvgIpc) is 1.86. The first-order valence-corrected chi connectivity index (χ1v) is 4.43. The van der Waals surface area contributed by atoms with Crippen molar-refractivity contribution in [1.29, 1.82) is 4.78 Å². The maximum atomic E-state index is 7.06. The molecule has 1 aliphatic rings. The first kappa shape index (κ1) is 4.40. The number of rotatable bonds is 0. The van der Waals surface area contributed by atoms with Gasteiger partial charge >= 0.3 is 0 Å². The van der Waals surface area contributed by atoms with Crippen molar-refractivity contribution >= 4 is 20.5 Å². The minimum atomic E-state index is -0.117. The lowest BCUT2D eigenvalue weighted by molar-refractivity contribution is 1.62. The number of hydrogen-bond acceptors (Lipinski definition) is 2. The van der Waals surface area contributed by atoms with E-state index in [1.165, 1.54) is 0 Å². The van der Waals surface area contributed by atoms with Gasteiger partial charge in [-0.1, -0.05) is 16.9 Å². The Morgan fingerprint density at radius 3 is 2.83 bits per heavy atom. The maximum absolute atomic E-state index is 7.06. The van der Waals surface area contributed by atoms with Crippen LogP contribution in [0.25, 0.3) is 0 Å². The molecule has 0 saturated heterocycles. The lowest BCUT2D eigenvalue weighted by Gasteiger charge is -1.80. The van der Waals surface area contributed by atoms with E-state index in [-0.39, 0.29) is 9.72 Å². The zero-order chi connectivity index (χ0) is 4.41. The van der Waals surface area contributed by atoms with E-state index in [4.69, 9.17) is 4.78 Å². The molecule has 1 atom stereocenters. The molecule has 34 valence electrons. The van der Waals surface area contributed by atoms with Crippen LogP contribution in [0.4, 0.5) is 0 Å². The molecule has 0 aliphatic carbocycles. The zero-order valence-electron chi connectivity index (χ0n) is 3.18. The highest BCUT2D eigenvalue weighted by Gasteiger charge is 1.93. The summed E-state index contributed by atoms with van der Waals surface area (Å²) in [6.45, 7) is 0. The van der Waals surface area contributed by atoms with E-state index in [9.17, 15) is 0 Å². The van der Waals surface area contributed by atoms with Gasteiger partial charge in [-0.3, -0.25) is 4.78 Å². The lowest BCUT2D eigenvalue weighted by Crippen LogP contribution is -1.72. The van der Waals surface area contributed by atoms with Crippen molar-refractivity contribution in [3.05, 3.63) is 11.5 Å². The molecule has 0 radical (unpaired) electrons. The van der Waals surface area contributed by atoms with Crippen LogP contribution in [0.1, 0.15) is 0 Å². The van der Waals surface area contributed by atoms with Crippen LogP contribution in [0.5, 0.6) is 0 Å². The summed E-state index contributed by atoms with van der Waals surface area (Å²) in [6.07, 6.45) is 2.04. The summed E-state index contributed by atoms with van der Waals surface area (Å²) in [5, 5.41) is 2.00. The van der Waals surface area contributed by atoms with E-state index in [1.807, 2.05) is 11.5 Å². The predicted molar refractivity (Wildman–Crippen MR) is 31.7 cm³/mol. The van der Waals surface area contributed by atoms with Crippen LogP contribution in [-0.4, -0.2) is 5.75 Å². The van der Waals surface area contributed by atoms with Gasteiger partial charge in [-0.05, 0) is 15.1 Å². The van der Waals surface area contributed by atoms with Crippen molar-refractivity contribution < 1.29 is 0 Å². The highest BCUT2D eigenvalue weighted by atomic mass is 33.1. The van der Waals surface area contributed by atoms with Crippen LogP contribution in [0, 0.1) is 4.78 Å². The third-order valence-electron chi connectivity index (χ3n) is 0.516. The van der Waals surface area contributed by atoms with E-state index in [0.717, 1.165) is 5.75 Å². The molecule has 1 unspecified atom stereocenters. The second kappa shape index (κ2) is 1.80. The molecule has 1 rings (SSSR count). The van der Waals surface area contributed by atoms with Crippen molar-refractivity contribution in [2.24, 2.45) is 0 Å². The van der Waals surface area contributed by atoms with Gasteiger partial charge in [0.05, 0.1) is 0 Å². The molecule has 1 aliphatic heterocycles. The van der Waals surface area contributed by atoms with E-state index < -0.39 is 0 Å². The Hall–Kier alpha value is 0.240. The molecule has 1 N–H and O–H groups in total. The summed E-state index contributed by atoms with van der Waals surface area (Å²) >= 11 is 0. The number of nitrogens with one attached hydrogen (secondary N) is 1. The molecule has 0 aromatic rings. The van der Waals surface area contributed by atoms with Gasteiger partial charge in [0.2, 0.25) is 0 Å². The lowest BCUT2D eigenvalue weighted by atomic mass is 10.8. The summed E-state index contributed by atoms with van der Waals surface area (Å²) in [5.41, 5.74) is 0. The fourth-order valence-electron chi connectivity index (χ4n) is 0.272.